The van der Waals surface area contributed by atoms with Crippen molar-refractivity contribution >= 4 is 44.6 Å². The average molecular weight is 357 g/mol. The van der Waals surface area contributed by atoms with E-state index < -0.39 is 0 Å². The van der Waals surface area contributed by atoms with Crippen molar-refractivity contribution in [2.45, 2.75) is 38.5 Å². The molecule has 66 valence electrons. The molecule has 0 amide bonds. The molecule has 1 aliphatic carbocycles. The van der Waals surface area contributed by atoms with E-state index in [9.17, 15) is 0 Å². The van der Waals surface area contributed by atoms with Gasteiger partial charge < -0.3 is 0 Å². The van der Waals surface area contributed by atoms with Crippen molar-refractivity contribution in [1.29, 1.82) is 0 Å². The summed E-state index contributed by atoms with van der Waals surface area (Å²) in [6.45, 7) is 0. The number of hydrogen-bond acceptors (Lipinski definition) is 0. The maximum atomic E-state index is 3.27. The SMILES string of the molecule is [Se]=c1[se]c2c([se]1)CCCCCC2. The van der Waals surface area contributed by atoms with Crippen molar-refractivity contribution < 1.29 is 0 Å². The van der Waals surface area contributed by atoms with Gasteiger partial charge in [-0.3, -0.25) is 0 Å². The molecule has 0 N–H and O–H groups in total. The Morgan fingerprint density at radius 1 is 0.833 bits per heavy atom. The molecule has 12 heavy (non-hydrogen) atoms. The maximum absolute atomic E-state index is 3.27. The molecule has 0 saturated heterocycles. The number of fused-ring (bicyclic) bond motifs is 1. The van der Waals surface area contributed by atoms with Gasteiger partial charge in [0.2, 0.25) is 0 Å². The van der Waals surface area contributed by atoms with E-state index in [1.165, 1.54) is 38.5 Å². The number of aryl methyl sites for hydroxylation is 2. The van der Waals surface area contributed by atoms with Gasteiger partial charge in [-0.05, 0) is 0 Å². The minimum atomic E-state index is 0.771. The van der Waals surface area contributed by atoms with Crippen LogP contribution in [0.2, 0.25) is 0 Å². The second-order valence-electron chi connectivity index (χ2n) is 3.21. The Kier molecular flexibility index (Phi) is 3.72. The van der Waals surface area contributed by atoms with Crippen molar-refractivity contribution in [2.24, 2.45) is 0 Å². The Hall–Kier alpha value is 1.17. The molecule has 0 unspecified atom stereocenters. The summed E-state index contributed by atoms with van der Waals surface area (Å²) in [6.07, 6.45) is 8.74. The van der Waals surface area contributed by atoms with E-state index in [0.717, 1.165) is 29.0 Å². The Labute approximate surface area is 93.2 Å². The standard InChI is InChI=1S/C9H12Se3/c10-9-11-7-5-3-1-2-4-6-8(7)12-9/h1-6H2. The first-order chi connectivity index (χ1) is 5.86. The van der Waals surface area contributed by atoms with Crippen molar-refractivity contribution in [3.63, 3.8) is 0 Å². The van der Waals surface area contributed by atoms with Gasteiger partial charge in [0.15, 0.2) is 0 Å². The van der Waals surface area contributed by atoms with Gasteiger partial charge in [-0.25, -0.2) is 0 Å². The molecule has 1 aliphatic rings. The van der Waals surface area contributed by atoms with Gasteiger partial charge >= 0.3 is 93.8 Å². The van der Waals surface area contributed by atoms with Gasteiger partial charge in [0.05, 0.1) is 0 Å². The molecule has 2 rings (SSSR count). The van der Waals surface area contributed by atoms with Crippen LogP contribution in [-0.2, 0) is 12.8 Å². The molecule has 1 aromatic rings. The van der Waals surface area contributed by atoms with Crippen LogP contribution in [0.1, 0.15) is 34.6 Å². The molecule has 0 fully saturated rings. The Balaban J connectivity index is 2.29. The molecule has 0 atom stereocenters. The molecule has 0 aliphatic heterocycles. The van der Waals surface area contributed by atoms with Crippen LogP contribution in [0, 0.1) is 1.81 Å². The molecule has 0 radical (unpaired) electrons. The zero-order valence-electron chi connectivity index (χ0n) is 6.97. The van der Waals surface area contributed by atoms with Gasteiger partial charge in [0, 0.05) is 0 Å². The Morgan fingerprint density at radius 3 is 1.83 bits per heavy atom. The zero-order valence-corrected chi connectivity index (χ0v) is 12.1. The fourth-order valence-corrected chi connectivity index (χ4v) is 10.3. The number of hydrogen-bond donors (Lipinski definition) is 0. The number of rotatable bonds is 0. The predicted octanol–water partition coefficient (Wildman–Crippen LogP) is 1.16. The normalized spacial score (nSPS) is 18.0. The van der Waals surface area contributed by atoms with E-state index in [2.05, 4.69) is 15.6 Å². The Morgan fingerprint density at radius 2 is 1.33 bits per heavy atom. The molecule has 0 saturated carbocycles. The van der Waals surface area contributed by atoms with Crippen LogP contribution in [0.3, 0.4) is 0 Å². The second kappa shape index (κ2) is 4.60. The summed E-state index contributed by atoms with van der Waals surface area (Å²) >= 11 is 4.81. The summed E-state index contributed by atoms with van der Waals surface area (Å²) in [4.78, 5) is 0. The van der Waals surface area contributed by atoms with Crippen LogP contribution < -0.4 is 0 Å². The minimum absolute atomic E-state index is 0.771. The third-order valence-electron chi connectivity index (χ3n) is 2.28. The van der Waals surface area contributed by atoms with Crippen LogP contribution >= 0.6 is 0 Å². The topological polar surface area (TPSA) is 0 Å². The van der Waals surface area contributed by atoms with Gasteiger partial charge in [0.25, 0.3) is 0 Å². The van der Waals surface area contributed by atoms with E-state index in [-0.39, 0.29) is 0 Å². The van der Waals surface area contributed by atoms with Gasteiger partial charge in [-0.2, -0.15) is 0 Å². The van der Waals surface area contributed by atoms with E-state index in [0.29, 0.717) is 0 Å². The first kappa shape index (κ1) is 9.71. The molecule has 1 heterocycles. The van der Waals surface area contributed by atoms with Gasteiger partial charge in [0.1, 0.15) is 0 Å². The molecule has 0 bridgehead atoms. The van der Waals surface area contributed by atoms with E-state index in [1.54, 1.807) is 1.81 Å². The van der Waals surface area contributed by atoms with E-state index >= 15 is 0 Å². The summed E-state index contributed by atoms with van der Waals surface area (Å²) < 4.78 is 5.45. The summed E-state index contributed by atoms with van der Waals surface area (Å²) in [7, 11) is 0. The van der Waals surface area contributed by atoms with Crippen LogP contribution in [-0.4, -0.2) is 44.6 Å². The summed E-state index contributed by atoms with van der Waals surface area (Å²) in [5, 5.41) is 0. The molecule has 0 spiro atoms. The summed E-state index contributed by atoms with van der Waals surface area (Å²) in [5.41, 5.74) is 0. The Bertz CT molecular complexity index is 279. The third kappa shape index (κ3) is 2.35. The first-order valence-corrected chi connectivity index (χ1v) is 8.76. The third-order valence-corrected chi connectivity index (χ3v) is 10.2. The van der Waals surface area contributed by atoms with Crippen molar-refractivity contribution in [3.8, 4) is 0 Å². The fraction of sp³-hybridized carbons (Fsp3) is 0.667. The first-order valence-electron chi connectivity index (χ1n) is 4.48. The van der Waals surface area contributed by atoms with Gasteiger partial charge in [-0.1, -0.05) is 0 Å². The van der Waals surface area contributed by atoms with E-state index in [4.69, 9.17) is 0 Å². The van der Waals surface area contributed by atoms with Crippen LogP contribution in [0.25, 0.3) is 0 Å². The second-order valence-corrected chi connectivity index (χ2v) is 12.6. The quantitative estimate of drug-likeness (QED) is 0.612. The van der Waals surface area contributed by atoms with Gasteiger partial charge in [-0.15, -0.1) is 0 Å². The average Bonchev–Trinajstić information content (AvgIpc) is 2.32. The van der Waals surface area contributed by atoms with Crippen molar-refractivity contribution in [1.82, 2.24) is 0 Å². The monoisotopic (exact) mass is 360 g/mol. The molecule has 0 aromatic carbocycles. The van der Waals surface area contributed by atoms with Crippen LogP contribution in [0.4, 0.5) is 0 Å². The molecule has 3 heteroatoms. The van der Waals surface area contributed by atoms with Crippen molar-refractivity contribution in [3.05, 3.63) is 10.7 Å². The van der Waals surface area contributed by atoms with Crippen LogP contribution in [0.15, 0.2) is 0 Å². The van der Waals surface area contributed by atoms with Crippen LogP contribution in [0.5, 0.6) is 0 Å². The fourth-order valence-electron chi connectivity index (χ4n) is 1.64. The molecular weight excluding hydrogens is 345 g/mol. The molecule has 1 aromatic heterocycles. The van der Waals surface area contributed by atoms with Crippen molar-refractivity contribution in [2.75, 3.05) is 0 Å². The molecule has 0 nitrogen and oxygen atoms in total. The van der Waals surface area contributed by atoms with E-state index in [1.807, 2.05) is 8.87 Å². The molecular formula is C9H12Se3. The summed E-state index contributed by atoms with van der Waals surface area (Å²) in [5.74, 6) is 0. The summed E-state index contributed by atoms with van der Waals surface area (Å²) in [6, 6.07) is 0. The zero-order chi connectivity index (χ0) is 8.39. The predicted molar refractivity (Wildman–Crippen MR) is 55.2 cm³/mol.